The van der Waals surface area contributed by atoms with Gasteiger partial charge in [0.1, 0.15) is 11.5 Å². The molecule has 10 nitrogen and oxygen atoms in total. The van der Waals surface area contributed by atoms with Gasteiger partial charge in [0.25, 0.3) is 11.8 Å². The molecule has 0 saturated heterocycles. The normalized spacial score (nSPS) is 19.3. The molecule has 0 bridgehead atoms. The molecule has 2 aromatic carbocycles. The molecule has 0 aliphatic heterocycles. The molecule has 0 fully saturated rings. The summed E-state index contributed by atoms with van der Waals surface area (Å²) in [5, 5.41) is 24.0. The molecular weight excluding hydrogens is 496 g/mol. The number of nitrogens with one attached hydrogen (secondary N) is 2. The summed E-state index contributed by atoms with van der Waals surface area (Å²) in [6.45, 7) is 0. The summed E-state index contributed by atoms with van der Waals surface area (Å²) < 4.78 is 26.2. The van der Waals surface area contributed by atoms with Crippen molar-refractivity contribution in [2.24, 2.45) is 5.73 Å². The van der Waals surface area contributed by atoms with Crippen LogP contribution in [-0.4, -0.2) is 41.7 Å². The van der Waals surface area contributed by atoms with Crippen molar-refractivity contribution in [2.45, 2.75) is 29.0 Å². The van der Waals surface area contributed by atoms with Gasteiger partial charge in [0, 0.05) is 22.9 Å². The van der Waals surface area contributed by atoms with Gasteiger partial charge in [-0.3, -0.25) is 9.59 Å². The van der Waals surface area contributed by atoms with Gasteiger partial charge in [0.2, 0.25) is 0 Å². The highest BCUT2D eigenvalue weighted by Crippen LogP contribution is 2.27. The Labute approximate surface area is 213 Å². The van der Waals surface area contributed by atoms with E-state index >= 15 is 0 Å². The van der Waals surface area contributed by atoms with Crippen LogP contribution in [0, 0.1) is 0 Å². The van der Waals surface area contributed by atoms with Crippen LogP contribution < -0.4 is 22.1 Å². The van der Waals surface area contributed by atoms with E-state index in [-0.39, 0.29) is 51.4 Å². The predicted molar refractivity (Wildman–Crippen MR) is 139 cm³/mol. The zero-order valence-electron chi connectivity index (χ0n) is 19.6. The zero-order valence-corrected chi connectivity index (χ0v) is 20.4. The van der Waals surface area contributed by atoms with E-state index in [1.807, 2.05) is 0 Å². The molecular formula is C26H26N4O6S. The molecule has 2 aromatic rings. The third-order valence-electron chi connectivity index (χ3n) is 5.92. The Morgan fingerprint density at radius 3 is 2.35 bits per heavy atom. The lowest BCUT2D eigenvalue weighted by atomic mass is 10.0. The zero-order chi connectivity index (χ0) is 26.7. The number of rotatable bonds is 6. The third kappa shape index (κ3) is 5.74. The van der Waals surface area contributed by atoms with Crippen molar-refractivity contribution < 1.29 is 28.2 Å². The number of allylic oxidation sites excluding steroid dienone is 1. The van der Waals surface area contributed by atoms with Crippen LogP contribution in [-0.2, 0) is 14.6 Å². The minimum atomic E-state index is -3.80. The van der Waals surface area contributed by atoms with Crippen LogP contribution >= 0.6 is 0 Å². The number of nitrogen functional groups attached to an aromatic ring is 1. The summed E-state index contributed by atoms with van der Waals surface area (Å²) in [4.78, 5) is 25.1. The van der Waals surface area contributed by atoms with Crippen LogP contribution in [0.25, 0.3) is 0 Å². The van der Waals surface area contributed by atoms with Crippen LogP contribution in [0.2, 0.25) is 0 Å². The van der Waals surface area contributed by atoms with Crippen LogP contribution in [0.1, 0.15) is 23.2 Å². The van der Waals surface area contributed by atoms with Gasteiger partial charge in [-0.25, -0.2) is 8.42 Å². The van der Waals surface area contributed by atoms with Crippen molar-refractivity contribution in [1.29, 1.82) is 0 Å². The number of aromatic hydroxyl groups is 1. The predicted octanol–water partition coefficient (Wildman–Crippen LogP) is 2.43. The Morgan fingerprint density at radius 2 is 1.68 bits per heavy atom. The number of phenols is 1. The van der Waals surface area contributed by atoms with Gasteiger partial charge >= 0.3 is 0 Å². The van der Waals surface area contributed by atoms with Crippen LogP contribution in [0.5, 0.6) is 5.75 Å². The molecule has 8 N–H and O–H groups in total. The Morgan fingerprint density at radius 1 is 0.946 bits per heavy atom. The van der Waals surface area contributed by atoms with Crippen molar-refractivity contribution in [3.8, 4) is 5.75 Å². The summed E-state index contributed by atoms with van der Waals surface area (Å²) >= 11 is 0. The van der Waals surface area contributed by atoms with Crippen molar-refractivity contribution in [3.63, 3.8) is 0 Å². The molecule has 2 atom stereocenters. The molecule has 4 rings (SSSR count). The number of aliphatic hydroxyl groups excluding tert-OH is 1. The van der Waals surface area contributed by atoms with E-state index in [1.165, 1.54) is 66.8 Å². The van der Waals surface area contributed by atoms with Gasteiger partial charge < -0.3 is 32.3 Å². The minimum absolute atomic E-state index is 0.0169. The molecule has 192 valence electrons. The topological polar surface area (TPSA) is 185 Å². The molecule has 2 unspecified atom stereocenters. The maximum absolute atomic E-state index is 13.1. The van der Waals surface area contributed by atoms with Crippen LogP contribution in [0.4, 0.5) is 11.4 Å². The maximum Gasteiger partial charge on any atom is 0.255 e. The molecule has 0 radical (unpaired) electrons. The second-order valence-corrected chi connectivity index (χ2v) is 10.8. The SMILES string of the molecule is Nc1ccc(O)c(NC(=O)c2ccc(S(=O)(=O)C3C=CC(C(=O)NC4=CC(N)CC=C4O)=CC3)cc2)c1. The molecule has 37 heavy (non-hydrogen) atoms. The van der Waals surface area contributed by atoms with Crippen molar-refractivity contribution in [1.82, 2.24) is 5.32 Å². The largest absolute Gasteiger partial charge is 0.506 e. The molecule has 0 heterocycles. The van der Waals surface area contributed by atoms with Gasteiger partial charge in [0.15, 0.2) is 9.84 Å². The number of nitrogens with two attached hydrogens (primary N) is 2. The third-order valence-corrected chi connectivity index (χ3v) is 8.00. The number of anilines is 2. The fourth-order valence-corrected chi connectivity index (χ4v) is 5.34. The number of sulfone groups is 1. The van der Waals surface area contributed by atoms with Crippen LogP contribution in [0.3, 0.4) is 0 Å². The highest BCUT2D eigenvalue weighted by Gasteiger charge is 2.28. The number of carbonyl (C=O) groups is 2. The first-order valence-electron chi connectivity index (χ1n) is 11.3. The van der Waals surface area contributed by atoms with E-state index in [4.69, 9.17) is 11.5 Å². The highest BCUT2D eigenvalue weighted by atomic mass is 32.2. The average Bonchev–Trinajstić information content (AvgIpc) is 2.88. The standard InChI is InChI=1S/C26H26N4O6S/c27-17-5-11-23(31)21(13-17)29-25(33)15-1-7-19(8-2-15)37(35,36)20-9-3-16(4-10-20)26(34)30-22-14-18(28)6-12-24(22)32/h1-5,7-9,11-14,18,20,31-32H,6,10,27-28H2,(H,29,33)(H,30,34). The number of hydrogen-bond acceptors (Lipinski definition) is 8. The number of amides is 2. The Hall–Kier alpha value is -4.35. The fourth-order valence-electron chi connectivity index (χ4n) is 3.84. The fraction of sp³-hybridized carbons (Fsp3) is 0.154. The molecule has 0 spiro atoms. The van der Waals surface area contributed by atoms with Gasteiger partial charge in [-0.15, -0.1) is 0 Å². The Balaban J connectivity index is 1.41. The van der Waals surface area contributed by atoms with Crippen molar-refractivity contribution in [2.75, 3.05) is 11.1 Å². The number of aliphatic hydroxyl groups is 1. The smallest absolute Gasteiger partial charge is 0.255 e. The van der Waals surface area contributed by atoms with Gasteiger partial charge in [-0.2, -0.15) is 0 Å². The quantitative estimate of drug-likeness (QED) is 0.190. The van der Waals surface area contributed by atoms with E-state index in [0.29, 0.717) is 12.1 Å². The summed E-state index contributed by atoms with van der Waals surface area (Å²) in [6.07, 6.45) is 7.97. The van der Waals surface area contributed by atoms with Crippen molar-refractivity contribution >= 4 is 33.0 Å². The first kappa shape index (κ1) is 25.7. The second-order valence-electron chi connectivity index (χ2n) is 8.62. The number of carbonyl (C=O) groups excluding carboxylic acids is 2. The first-order valence-corrected chi connectivity index (χ1v) is 12.9. The lowest BCUT2D eigenvalue weighted by Crippen LogP contribution is -2.31. The number of hydrogen-bond donors (Lipinski definition) is 6. The van der Waals surface area contributed by atoms with E-state index in [2.05, 4.69) is 10.6 Å². The van der Waals surface area contributed by atoms with Gasteiger partial charge in [0.05, 0.1) is 21.5 Å². The van der Waals surface area contributed by atoms with Crippen molar-refractivity contribution in [3.05, 3.63) is 95.4 Å². The first-order chi connectivity index (χ1) is 17.5. The Bertz CT molecular complexity index is 1470. The van der Waals surface area contributed by atoms with E-state index in [9.17, 15) is 28.2 Å². The molecule has 2 amide bonds. The summed E-state index contributed by atoms with van der Waals surface area (Å²) in [6, 6.07) is 9.33. The van der Waals surface area contributed by atoms with E-state index in [1.54, 1.807) is 6.08 Å². The lowest BCUT2D eigenvalue weighted by molar-refractivity contribution is -0.116. The Kier molecular flexibility index (Phi) is 7.18. The number of phenolic OH excluding ortho intramolecular Hbond substituents is 1. The average molecular weight is 523 g/mol. The van der Waals surface area contributed by atoms with Gasteiger partial charge in [-0.05, 0) is 67.5 Å². The molecule has 11 heteroatoms. The summed E-state index contributed by atoms with van der Waals surface area (Å²) in [7, 11) is -3.80. The summed E-state index contributed by atoms with van der Waals surface area (Å²) in [5.74, 6) is -1.26. The van der Waals surface area contributed by atoms with E-state index < -0.39 is 26.9 Å². The maximum atomic E-state index is 13.1. The van der Waals surface area contributed by atoms with Gasteiger partial charge in [-0.1, -0.05) is 18.2 Å². The molecule has 0 saturated carbocycles. The highest BCUT2D eigenvalue weighted by molar-refractivity contribution is 7.92. The number of benzene rings is 2. The minimum Gasteiger partial charge on any atom is -0.506 e. The van der Waals surface area contributed by atoms with E-state index in [0.717, 1.165) is 0 Å². The summed E-state index contributed by atoms with van der Waals surface area (Å²) in [5.41, 5.74) is 12.6. The van der Waals surface area contributed by atoms with Crippen LogP contribution in [0.15, 0.2) is 94.8 Å². The lowest BCUT2D eigenvalue weighted by Gasteiger charge is -2.19. The molecule has 2 aliphatic carbocycles. The molecule has 2 aliphatic rings. The second kappa shape index (κ2) is 10.3. The monoisotopic (exact) mass is 522 g/mol. The molecule has 0 aromatic heterocycles.